The molecule has 0 bridgehead atoms. The van der Waals surface area contributed by atoms with Gasteiger partial charge < -0.3 is 10.4 Å². The molecule has 0 saturated heterocycles. The fourth-order valence-electron chi connectivity index (χ4n) is 1.20. The molecule has 0 aliphatic carbocycles. The molecule has 0 aliphatic heterocycles. The highest BCUT2D eigenvalue weighted by Gasteiger charge is 2.01. The number of nitrogens with one attached hydrogen (secondary N) is 1. The summed E-state index contributed by atoms with van der Waals surface area (Å²) in [4.78, 5) is 1.18. The lowest BCUT2D eigenvalue weighted by Crippen LogP contribution is -2.11. The molecule has 4 heteroatoms. The fourth-order valence-corrected chi connectivity index (χ4v) is 2.64. The maximum Gasteiger partial charge on any atom is 0.0525 e. The predicted molar refractivity (Wildman–Crippen MR) is 69.3 cm³/mol. The second-order valence-electron chi connectivity index (χ2n) is 3.12. The summed E-state index contributed by atoms with van der Waals surface area (Å²) in [7, 11) is 0. The van der Waals surface area contributed by atoms with E-state index in [2.05, 4.69) is 46.4 Å². The summed E-state index contributed by atoms with van der Waals surface area (Å²) in [5.74, 6) is 0.741. The number of aliphatic hydroxyl groups is 1. The largest absolute Gasteiger partial charge is 0.396 e. The van der Waals surface area contributed by atoms with Crippen LogP contribution < -0.4 is 5.32 Å². The van der Waals surface area contributed by atoms with Gasteiger partial charge in [-0.25, -0.2) is 0 Å². The van der Waals surface area contributed by atoms with Crippen LogP contribution in [0.3, 0.4) is 0 Å². The van der Waals surface area contributed by atoms with Gasteiger partial charge in [0.15, 0.2) is 0 Å². The summed E-state index contributed by atoms with van der Waals surface area (Å²) in [5.41, 5.74) is 1.28. The number of thioether (sulfide) groups is 1. The molecule has 1 aromatic rings. The normalized spacial score (nSPS) is 10.6. The van der Waals surface area contributed by atoms with Crippen molar-refractivity contribution in [3.05, 3.63) is 28.2 Å². The Morgan fingerprint density at radius 2 is 2.27 bits per heavy atom. The lowest BCUT2D eigenvalue weighted by molar-refractivity contribution is 0.322. The molecule has 0 aliphatic rings. The van der Waals surface area contributed by atoms with E-state index in [1.54, 1.807) is 11.8 Å². The zero-order chi connectivity index (χ0) is 11.1. The third-order valence-corrected chi connectivity index (χ3v) is 3.90. The van der Waals surface area contributed by atoms with Crippen LogP contribution in [0.2, 0.25) is 0 Å². The van der Waals surface area contributed by atoms with E-state index < -0.39 is 0 Å². The molecule has 0 amide bonds. The fraction of sp³-hybridized carbons (Fsp3) is 0.455. The molecule has 2 nitrogen and oxygen atoms in total. The molecule has 0 saturated carbocycles. The van der Waals surface area contributed by atoms with Gasteiger partial charge >= 0.3 is 0 Å². The van der Waals surface area contributed by atoms with Crippen LogP contribution in [0.1, 0.15) is 12.5 Å². The van der Waals surface area contributed by atoms with Gasteiger partial charge in [-0.15, -0.1) is 11.8 Å². The van der Waals surface area contributed by atoms with Crippen molar-refractivity contribution in [2.45, 2.75) is 18.4 Å². The number of hydrogen-bond acceptors (Lipinski definition) is 3. The average Bonchev–Trinajstić information content (AvgIpc) is 2.25. The van der Waals surface area contributed by atoms with E-state index in [0.717, 1.165) is 23.3 Å². The molecule has 2 N–H and O–H groups in total. The van der Waals surface area contributed by atoms with Crippen LogP contribution in [0.4, 0.5) is 0 Å². The van der Waals surface area contributed by atoms with Crippen molar-refractivity contribution >= 4 is 27.7 Å². The maximum absolute atomic E-state index is 8.74. The van der Waals surface area contributed by atoms with Gasteiger partial charge in [0.1, 0.15) is 0 Å². The van der Waals surface area contributed by atoms with E-state index in [1.807, 2.05) is 0 Å². The van der Waals surface area contributed by atoms with E-state index >= 15 is 0 Å². The minimum absolute atomic E-state index is 0.219. The Labute approximate surface area is 104 Å². The zero-order valence-electron chi connectivity index (χ0n) is 8.79. The van der Waals surface area contributed by atoms with E-state index in [9.17, 15) is 0 Å². The highest BCUT2D eigenvalue weighted by Crippen LogP contribution is 2.28. The van der Waals surface area contributed by atoms with Crippen LogP contribution in [-0.4, -0.2) is 24.0 Å². The number of aliphatic hydroxyl groups excluding tert-OH is 1. The Morgan fingerprint density at radius 1 is 1.47 bits per heavy atom. The van der Waals surface area contributed by atoms with Crippen LogP contribution >= 0.6 is 27.7 Å². The maximum atomic E-state index is 8.74. The van der Waals surface area contributed by atoms with Crippen LogP contribution in [-0.2, 0) is 6.54 Å². The number of hydrogen-bond donors (Lipinski definition) is 2. The molecule has 0 radical (unpaired) electrons. The zero-order valence-corrected chi connectivity index (χ0v) is 11.2. The average molecular weight is 290 g/mol. The molecule has 0 heterocycles. The van der Waals surface area contributed by atoms with Crippen molar-refractivity contribution in [3.63, 3.8) is 0 Å². The molecule has 15 heavy (non-hydrogen) atoms. The predicted octanol–water partition coefficient (Wildman–Crippen LogP) is 2.64. The van der Waals surface area contributed by atoms with Gasteiger partial charge in [-0.3, -0.25) is 0 Å². The third-order valence-electron chi connectivity index (χ3n) is 1.92. The summed E-state index contributed by atoms with van der Waals surface area (Å²) in [5, 5.41) is 12.0. The molecular weight excluding hydrogens is 274 g/mol. The monoisotopic (exact) mass is 289 g/mol. The molecular formula is C11H16BrNOS. The molecule has 0 spiro atoms. The standard InChI is InChI=1S/C11H16BrNOS/c1-2-13-8-9-3-4-11(10(12)7-9)15-6-5-14/h3-4,7,13-14H,2,5-6,8H2,1H3. The van der Waals surface area contributed by atoms with Gasteiger partial charge in [0.2, 0.25) is 0 Å². The summed E-state index contributed by atoms with van der Waals surface area (Å²) < 4.78 is 1.11. The van der Waals surface area contributed by atoms with Gasteiger partial charge in [-0.05, 0) is 40.2 Å². The number of benzene rings is 1. The summed E-state index contributed by atoms with van der Waals surface area (Å²) in [6, 6.07) is 6.34. The summed E-state index contributed by atoms with van der Waals surface area (Å²) >= 11 is 5.20. The Hall–Kier alpha value is -0.0300. The van der Waals surface area contributed by atoms with E-state index in [1.165, 1.54) is 10.5 Å². The molecule has 1 aromatic carbocycles. The van der Waals surface area contributed by atoms with Crippen molar-refractivity contribution in [1.29, 1.82) is 0 Å². The Balaban J connectivity index is 2.61. The lowest BCUT2D eigenvalue weighted by atomic mass is 10.2. The molecule has 0 unspecified atom stereocenters. The van der Waals surface area contributed by atoms with Gasteiger partial charge in [-0.2, -0.15) is 0 Å². The van der Waals surface area contributed by atoms with Crippen molar-refractivity contribution < 1.29 is 5.11 Å². The van der Waals surface area contributed by atoms with Crippen molar-refractivity contribution in [2.24, 2.45) is 0 Å². The molecule has 84 valence electrons. The lowest BCUT2D eigenvalue weighted by Gasteiger charge is -2.06. The SMILES string of the molecule is CCNCc1ccc(SCCO)c(Br)c1. The van der Waals surface area contributed by atoms with Crippen LogP contribution in [0.25, 0.3) is 0 Å². The molecule has 0 atom stereocenters. The Kier molecular flexibility index (Phi) is 6.32. The molecule has 0 fully saturated rings. The van der Waals surface area contributed by atoms with E-state index in [0.29, 0.717) is 0 Å². The topological polar surface area (TPSA) is 32.3 Å². The van der Waals surface area contributed by atoms with E-state index in [-0.39, 0.29) is 6.61 Å². The summed E-state index contributed by atoms with van der Waals surface area (Å²) in [6.45, 7) is 4.20. The molecule has 1 rings (SSSR count). The second kappa shape index (κ2) is 7.28. The van der Waals surface area contributed by atoms with Crippen molar-refractivity contribution in [1.82, 2.24) is 5.32 Å². The second-order valence-corrected chi connectivity index (χ2v) is 5.11. The first kappa shape index (κ1) is 13.0. The van der Waals surface area contributed by atoms with Gasteiger partial charge in [0, 0.05) is 21.7 Å². The smallest absolute Gasteiger partial charge is 0.0525 e. The third kappa shape index (κ3) is 4.55. The first-order chi connectivity index (χ1) is 7.27. The first-order valence-electron chi connectivity index (χ1n) is 5.00. The minimum Gasteiger partial charge on any atom is -0.396 e. The Bertz CT molecular complexity index is 307. The Morgan fingerprint density at radius 3 is 2.87 bits per heavy atom. The number of rotatable bonds is 6. The number of halogens is 1. The van der Waals surface area contributed by atoms with Crippen molar-refractivity contribution in [2.75, 3.05) is 18.9 Å². The highest BCUT2D eigenvalue weighted by molar-refractivity contribution is 9.10. The van der Waals surface area contributed by atoms with Crippen molar-refractivity contribution in [3.8, 4) is 0 Å². The van der Waals surface area contributed by atoms with Gasteiger partial charge in [0.25, 0.3) is 0 Å². The van der Waals surface area contributed by atoms with Crippen LogP contribution in [0.15, 0.2) is 27.6 Å². The van der Waals surface area contributed by atoms with E-state index in [4.69, 9.17) is 5.11 Å². The highest BCUT2D eigenvalue weighted by atomic mass is 79.9. The summed E-state index contributed by atoms with van der Waals surface area (Å²) in [6.07, 6.45) is 0. The van der Waals surface area contributed by atoms with Crippen LogP contribution in [0, 0.1) is 0 Å². The molecule has 0 aromatic heterocycles. The van der Waals surface area contributed by atoms with Crippen LogP contribution in [0.5, 0.6) is 0 Å². The first-order valence-corrected chi connectivity index (χ1v) is 6.78. The minimum atomic E-state index is 0.219. The quantitative estimate of drug-likeness (QED) is 0.790. The van der Waals surface area contributed by atoms with Gasteiger partial charge in [-0.1, -0.05) is 13.0 Å². The van der Waals surface area contributed by atoms with Gasteiger partial charge in [0.05, 0.1) is 6.61 Å².